The van der Waals surface area contributed by atoms with Gasteiger partial charge < -0.3 is 15.0 Å². The van der Waals surface area contributed by atoms with E-state index in [0.29, 0.717) is 5.56 Å². The number of hydrogen-bond acceptors (Lipinski definition) is 4. The van der Waals surface area contributed by atoms with Gasteiger partial charge in [0.25, 0.3) is 5.91 Å². The van der Waals surface area contributed by atoms with Crippen LogP contribution in [0.3, 0.4) is 0 Å². The topological polar surface area (TPSA) is 84.1 Å². The highest BCUT2D eigenvalue weighted by molar-refractivity contribution is 5.99. The Morgan fingerprint density at radius 2 is 2.22 bits per heavy atom. The number of carbonyl (C=O) groups is 2. The van der Waals surface area contributed by atoms with Gasteiger partial charge in [-0.25, -0.2) is 9.78 Å². The molecule has 0 saturated heterocycles. The monoisotopic (exact) mass is 247 g/mol. The molecule has 0 fully saturated rings. The second kappa shape index (κ2) is 4.87. The van der Waals surface area contributed by atoms with Gasteiger partial charge >= 0.3 is 5.97 Å². The number of ether oxygens (including phenoxy) is 1. The third-order valence-corrected chi connectivity index (χ3v) is 2.58. The lowest BCUT2D eigenvalue weighted by Gasteiger charge is -2.11. The zero-order valence-corrected chi connectivity index (χ0v) is 10.1. The van der Waals surface area contributed by atoms with Gasteiger partial charge in [-0.2, -0.15) is 0 Å². The zero-order chi connectivity index (χ0) is 13.1. The Labute approximate surface area is 103 Å². The van der Waals surface area contributed by atoms with E-state index in [9.17, 15) is 9.59 Å². The number of nitrogens with zero attached hydrogens (tertiary/aromatic N) is 1. The fraction of sp³-hybridized carbons (Fsp3) is 0.250. The Kier molecular flexibility index (Phi) is 3.27. The molecule has 18 heavy (non-hydrogen) atoms. The molecule has 0 aliphatic carbocycles. The highest BCUT2D eigenvalue weighted by Crippen LogP contribution is 2.11. The number of benzene rings is 1. The third-order valence-electron chi connectivity index (χ3n) is 2.58. The highest BCUT2D eigenvalue weighted by Gasteiger charge is 2.17. The van der Waals surface area contributed by atoms with E-state index >= 15 is 0 Å². The van der Waals surface area contributed by atoms with Crippen molar-refractivity contribution in [1.82, 2.24) is 15.3 Å². The zero-order valence-electron chi connectivity index (χ0n) is 10.1. The van der Waals surface area contributed by atoms with Crippen LogP contribution in [0.2, 0.25) is 0 Å². The second-order valence-corrected chi connectivity index (χ2v) is 3.85. The number of nitrogens with one attached hydrogen (secondary N) is 2. The normalized spacial score (nSPS) is 12.1. The molecule has 1 atom stereocenters. The molecule has 94 valence electrons. The molecule has 0 radical (unpaired) electrons. The summed E-state index contributed by atoms with van der Waals surface area (Å²) in [6, 6.07) is 4.40. The van der Waals surface area contributed by atoms with Crippen LogP contribution < -0.4 is 5.32 Å². The first-order chi connectivity index (χ1) is 8.61. The molecule has 0 unspecified atom stereocenters. The van der Waals surface area contributed by atoms with Crippen molar-refractivity contribution in [3.8, 4) is 0 Å². The number of imidazole rings is 1. The van der Waals surface area contributed by atoms with Crippen LogP contribution in [-0.4, -0.2) is 35.0 Å². The number of fused-ring (bicyclic) bond motifs is 1. The largest absolute Gasteiger partial charge is 0.467 e. The van der Waals surface area contributed by atoms with Crippen molar-refractivity contribution in [2.24, 2.45) is 0 Å². The summed E-state index contributed by atoms with van der Waals surface area (Å²) in [5.74, 6) is -0.810. The fourth-order valence-electron chi connectivity index (χ4n) is 1.59. The molecule has 1 aromatic carbocycles. The van der Waals surface area contributed by atoms with Crippen LogP contribution >= 0.6 is 0 Å². The van der Waals surface area contributed by atoms with Gasteiger partial charge in [-0.3, -0.25) is 4.79 Å². The van der Waals surface area contributed by atoms with Crippen LogP contribution in [0.4, 0.5) is 0 Å². The van der Waals surface area contributed by atoms with E-state index in [2.05, 4.69) is 20.0 Å². The minimum Gasteiger partial charge on any atom is -0.467 e. The molecule has 1 heterocycles. The third kappa shape index (κ3) is 2.32. The molecule has 1 amide bonds. The van der Waals surface area contributed by atoms with Crippen LogP contribution in [0.5, 0.6) is 0 Å². The molecule has 2 N–H and O–H groups in total. The average Bonchev–Trinajstić information content (AvgIpc) is 2.84. The van der Waals surface area contributed by atoms with E-state index in [4.69, 9.17) is 0 Å². The predicted molar refractivity (Wildman–Crippen MR) is 65.0 cm³/mol. The quantitative estimate of drug-likeness (QED) is 0.788. The number of hydrogen-bond donors (Lipinski definition) is 2. The van der Waals surface area contributed by atoms with Gasteiger partial charge in [0.05, 0.1) is 24.5 Å². The van der Waals surface area contributed by atoms with E-state index in [-0.39, 0.29) is 5.91 Å². The Balaban J connectivity index is 2.15. The molecule has 2 rings (SSSR count). The van der Waals surface area contributed by atoms with E-state index < -0.39 is 12.0 Å². The van der Waals surface area contributed by atoms with Gasteiger partial charge in [0.15, 0.2) is 0 Å². The first-order valence-electron chi connectivity index (χ1n) is 5.43. The number of methoxy groups -OCH3 is 1. The van der Waals surface area contributed by atoms with Crippen molar-refractivity contribution in [2.45, 2.75) is 13.0 Å². The summed E-state index contributed by atoms with van der Waals surface area (Å²) >= 11 is 0. The van der Waals surface area contributed by atoms with Crippen LogP contribution in [0.25, 0.3) is 11.0 Å². The van der Waals surface area contributed by atoms with Gasteiger partial charge in [0.2, 0.25) is 0 Å². The summed E-state index contributed by atoms with van der Waals surface area (Å²) in [7, 11) is 1.28. The summed E-state index contributed by atoms with van der Waals surface area (Å²) in [6.45, 7) is 1.57. The second-order valence-electron chi connectivity index (χ2n) is 3.85. The van der Waals surface area contributed by atoms with E-state index in [1.807, 2.05) is 0 Å². The molecule has 6 nitrogen and oxygen atoms in total. The van der Waals surface area contributed by atoms with Crippen LogP contribution in [0, 0.1) is 0 Å². The molecule has 6 heteroatoms. The van der Waals surface area contributed by atoms with Gasteiger partial charge in [-0.05, 0) is 25.1 Å². The van der Waals surface area contributed by atoms with Gasteiger partial charge in [0.1, 0.15) is 6.04 Å². The first kappa shape index (κ1) is 12.1. The summed E-state index contributed by atoms with van der Waals surface area (Å²) in [5.41, 5.74) is 2.02. The Morgan fingerprint density at radius 3 is 2.94 bits per heavy atom. The number of H-pyrrole nitrogens is 1. The molecule has 0 saturated carbocycles. The number of aromatic nitrogens is 2. The summed E-state index contributed by atoms with van der Waals surface area (Å²) < 4.78 is 4.54. The van der Waals surface area contributed by atoms with Crippen LogP contribution in [-0.2, 0) is 9.53 Å². The standard InChI is InChI=1S/C12H13N3O3/c1-7(12(17)18-2)15-11(16)8-3-4-9-10(5-8)14-6-13-9/h3-7H,1-2H3,(H,13,14)(H,15,16)/t7-/m0/s1. The number of esters is 1. The average molecular weight is 247 g/mol. The van der Waals surface area contributed by atoms with Gasteiger partial charge in [-0.1, -0.05) is 0 Å². The summed E-state index contributed by atoms with van der Waals surface area (Å²) in [4.78, 5) is 30.1. The van der Waals surface area contributed by atoms with Gasteiger partial charge in [0, 0.05) is 5.56 Å². The highest BCUT2D eigenvalue weighted by atomic mass is 16.5. The minimum absolute atomic E-state index is 0.329. The minimum atomic E-state index is -0.681. The number of aromatic amines is 1. The Bertz CT molecular complexity index is 591. The van der Waals surface area contributed by atoms with Crippen LogP contribution in [0.15, 0.2) is 24.5 Å². The maximum atomic E-state index is 11.9. The van der Waals surface area contributed by atoms with Crippen molar-refractivity contribution in [1.29, 1.82) is 0 Å². The van der Waals surface area contributed by atoms with Crippen molar-refractivity contribution in [2.75, 3.05) is 7.11 Å². The van der Waals surface area contributed by atoms with E-state index in [1.165, 1.54) is 7.11 Å². The number of carbonyl (C=O) groups excluding carboxylic acids is 2. The smallest absolute Gasteiger partial charge is 0.328 e. The van der Waals surface area contributed by atoms with E-state index in [0.717, 1.165) is 11.0 Å². The molecular formula is C12H13N3O3. The van der Waals surface area contributed by atoms with E-state index in [1.54, 1.807) is 31.5 Å². The maximum absolute atomic E-state index is 11.9. The Hall–Kier alpha value is -2.37. The lowest BCUT2D eigenvalue weighted by Crippen LogP contribution is -2.39. The number of amides is 1. The maximum Gasteiger partial charge on any atom is 0.328 e. The van der Waals surface area contributed by atoms with Crippen molar-refractivity contribution < 1.29 is 14.3 Å². The SMILES string of the molecule is COC(=O)[C@H](C)NC(=O)c1ccc2nc[nH]c2c1. The Morgan fingerprint density at radius 1 is 1.44 bits per heavy atom. The lowest BCUT2D eigenvalue weighted by molar-refractivity contribution is -0.142. The number of rotatable bonds is 3. The molecule has 2 aromatic rings. The van der Waals surface area contributed by atoms with Crippen molar-refractivity contribution >= 4 is 22.9 Å². The molecule has 0 spiro atoms. The molecular weight excluding hydrogens is 234 g/mol. The molecule has 0 aliphatic heterocycles. The fourth-order valence-corrected chi connectivity index (χ4v) is 1.59. The van der Waals surface area contributed by atoms with Crippen LogP contribution in [0.1, 0.15) is 17.3 Å². The first-order valence-corrected chi connectivity index (χ1v) is 5.43. The van der Waals surface area contributed by atoms with Crippen molar-refractivity contribution in [3.63, 3.8) is 0 Å². The summed E-state index contributed by atoms with van der Waals surface area (Å²) in [5, 5.41) is 2.56. The molecule has 0 bridgehead atoms. The van der Waals surface area contributed by atoms with Gasteiger partial charge in [-0.15, -0.1) is 0 Å². The van der Waals surface area contributed by atoms with Crippen molar-refractivity contribution in [3.05, 3.63) is 30.1 Å². The summed E-state index contributed by atoms with van der Waals surface area (Å²) in [6.07, 6.45) is 1.56. The lowest BCUT2D eigenvalue weighted by atomic mass is 10.2. The molecule has 0 aliphatic rings. The molecule has 1 aromatic heterocycles. The predicted octanol–water partition coefficient (Wildman–Crippen LogP) is 0.854.